The number of tetrazole rings is 2. The van der Waals surface area contributed by atoms with E-state index in [2.05, 4.69) is 47.0 Å². The molecule has 2 aromatic rings. The summed E-state index contributed by atoms with van der Waals surface area (Å²) in [4.78, 5) is 106. The van der Waals surface area contributed by atoms with E-state index < -0.39 is 87.5 Å². The summed E-state index contributed by atoms with van der Waals surface area (Å²) in [5.41, 5.74) is 2.04. The summed E-state index contributed by atoms with van der Waals surface area (Å²) in [6, 6.07) is -2.83. The Balaban J connectivity index is 1.11. The van der Waals surface area contributed by atoms with Crippen LogP contribution in [0.2, 0.25) is 0 Å². The van der Waals surface area contributed by atoms with Gasteiger partial charge in [0.1, 0.15) is 34.2 Å². The molecule has 6 rings (SSSR count). The van der Waals surface area contributed by atoms with Crippen molar-refractivity contribution >= 4 is 118 Å². The number of aromatic nitrogens is 8. The van der Waals surface area contributed by atoms with Crippen molar-refractivity contribution < 1.29 is 63.1 Å². The highest BCUT2D eigenvalue weighted by Gasteiger charge is 2.68. The summed E-state index contributed by atoms with van der Waals surface area (Å²) in [6.45, 7) is 0. The van der Waals surface area contributed by atoms with Crippen LogP contribution in [0.3, 0.4) is 0 Å². The number of nitrogens with two attached hydrogens (primary N) is 1. The van der Waals surface area contributed by atoms with Crippen LogP contribution in [-0.2, 0) is 61.9 Å². The van der Waals surface area contributed by atoms with Crippen LogP contribution in [0.15, 0.2) is 32.9 Å². The molecule has 0 aliphatic carbocycles. The Morgan fingerprint density at radius 1 is 0.769 bits per heavy atom. The second-order valence-electron chi connectivity index (χ2n) is 13.9. The summed E-state index contributed by atoms with van der Waals surface area (Å²) in [5.74, 6) is -8.72. The van der Waals surface area contributed by atoms with Crippen molar-refractivity contribution in [3.8, 4) is 0 Å². The molecular weight excluding hydrogens is 981 g/mol. The molecular formula is C32H40N14O13S6. The standard InChI is InChI=1S/C32H40N14O13S6/c1-43-29(37-39-41-43)64-7-13-5-62-27-31(58-3,35-17(47)11-60-9-15(33)22(50)51)25(56)45(27)19(13)21(49)34-16(23(52)53)10-61-12-18(48)36-32(59-4)26(57)46-20(24(54)55)14(6-63-28(32)46)8-65-30-38-40-42-44(30)2/h15-16,27-28H,5-12,33H2,1-4H3,(H,34,49)(H,35,47)(H,36,48)(H,50,51)(H,52,53)(H,54,55)/t15-,16-,27-,28-,31+,32+/m1/s1. The Hall–Kier alpha value is -4.64. The smallest absolute Gasteiger partial charge is 0.352 e. The highest BCUT2D eigenvalue weighted by atomic mass is 32.2. The molecule has 0 aromatic carbocycles. The van der Waals surface area contributed by atoms with Crippen LogP contribution in [0.25, 0.3) is 0 Å². The van der Waals surface area contributed by atoms with Gasteiger partial charge < -0.3 is 46.5 Å². The lowest BCUT2D eigenvalue weighted by Gasteiger charge is -2.56. The van der Waals surface area contributed by atoms with Crippen molar-refractivity contribution in [1.82, 2.24) is 66.2 Å². The number of aryl methyl sites for hydroxylation is 2. The van der Waals surface area contributed by atoms with Gasteiger partial charge in [0.15, 0.2) is 0 Å². The number of hydrogen-bond acceptors (Lipinski definition) is 23. The number of β-lactam (4-membered cyclic amide) rings is 2. The fraction of sp³-hybridized carbons (Fsp3) is 0.562. The largest absolute Gasteiger partial charge is 0.480 e. The summed E-state index contributed by atoms with van der Waals surface area (Å²) in [5, 5.41) is 58.2. The number of fused-ring (bicyclic) bond motifs is 2. The molecule has 0 bridgehead atoms. The molecule has 5 amide bonds. The van der Waals surface area contributed by atoms with Crippen LogP contribution in [-0.4, -0.2) is 208 Å². The number of carboxylic acids is 3. The average molecular weight is 1020 g/mol. The molecule has 2 saturated heterocycles. The van der Waals surface area contributed by atoms with Gasteiger partial charge in [-0.05, 0) is 32.0 Å². The summed E-state index contributed by atoms with van der Waals surface area (Å²) < 4.78 is 13.9. The van der Waals surface area contributed by atoms with Crippen LogP contribution >= 0.6 is 70.6 Å². The minimum Gasteiger partial charge on any atom is -0.480 e. The summed E-state index contributed by atoms with van der Waals surface area (Å²) >= 11 is 6.39. The number of amides is 5. The molecule has 8 N–H and O–H groups in total. The molecule has 65 heavy (non-hydrogen) atoms. The Bertz CT molecular complexity index is 2330. The van der Waals surface area contributed by atoms with Crippen molar-refractivity contribution in [2.24, 2.45) is 19.8 Å². The monoisotopic (exact) mass is 1020 g/mol. The number of thioether (sulfide) groups is 6. The first-order chi connectivity index (χ1) is 30.9. The molecule has 0 saturated carbocycles. The van der Waals surface area contributed by atoms with E-state index in [1.807, 2.05) is 0 Å². The quantitative estimate of drug-likeness (QED) is 0.0321. The summed E-state index contributed by atoms with van der Waals surface area (Å²) in [7, 11) is 5.59. The van der Waals surface area contributed by atoms with E-state index in [0.717, 1.165) is 45.1 Å². The third kappa shape index (κ3) is 10.1. The Morgan fingerprint density at radius 3 is 1.65 bits per heavy atom. The van der Waals surface area contributed by atoms with Gasteiger partial charge >= 0.3 is 17.9 Å². The Kier molecular flexibility index (Phi) is 16.0. The molecule has 2 fully saturated rings. The first kappa shape index (κ1) is 49.8. The number of carboxylic acid groups (broad SMARTS) is 3. The van der Waals surface area contributed by atoms with Crippen LogP contribution in [0, 0.1) is 0 Å². The normalized spacial score (nSPS) is 23.5. The zero-order valence-electron chi connectivity index (χ0n) is 34.4. The van der Waals surface area contributed by atoms with Crippen LogP contribution in [0.4, 0.5) is 0 Å². The second kappa shape index (κ2) is 20.9. The van der Waals surface area contributed by atoms with Gasteiger partial charge in [0.2, 0.25) is 22.1 Å². The molecule has 27 nitrogen and oxygen atoms in total. The minimum atomic E-state index is -1.93. The van der Waals surface area contributed by atoms with E-state index in [1.165, 1.54) is 58.9 Å². The van der Waals surface area contributed by atoms with Gasteiger partial charge in [0, 0.05) is 62.8 Å². The first-order valence-electron chi connectivity index (χ1n) is 18.6. The molecule has 6 atom stereocenters. The molecule has 6 heterocycles. The average Bonchev–Trinajstić information content (AvgIpc) is 3.89. The highest BCUT2D eigenvalue weighted by molar-refractivity contribution is 8.01. The number of nitrogens with zero attached hydrogens (tertiary/aromatic N) is 10. The molecule has 0 spiro atoms. The van der Waals surface area contributed by atoms with Crippen molar-refractivity contribution in [2.45, 2.75) is 44.6 Å². The Morgan fingerprint density at radius 2 is 1.23 bits per heavy atom. The van der Waals surface area contributed by atoms with Gasteiger partial charge in [-0.3, -0.25) is 38.6 Å². The number of ether oxygens (including phenoxy) is 2. The Labute approximate surface area is 392 Å². The molecule has 0 unspecified atom stereocenters. The zero-order valence-corrected chi connectivity index (χ0v) is 39.3. The van der Waals surface area contributed by atoms with Crippen molar-refractivity contribution in [1.29, 1.82) is 0 Å². The number of aliphatic carboxylic acids is 3. The maximum atomic E-state index is 14.1. The molecule has 0 radical (unpaired) electrons. The maximum absolute atomic E-state index is 14.1. The van der Waals surface area contributed by atoms with Crippen molar-refractivity contribution in [2.75, 3.05) is 60.2 Å². The van der Waals surface area contributed by atoms with Crippen molar-refractivity contribution in [3.05, 3.63) is 22.5 Å². The lowest BCUT2D eigenvalue weighted by atomic mass is 9.98. The van der Waals surface area contributed by atoms with E-state index in [0.29, 0.717) is 21.5 Å². The summed E-state index contributed by atoms with van der Waals surface area (Å²) in [6.07, 6.45) is 0. The van der Waals surface area contributed by atoms with E-state index in [4.69, 9.17) is 20.3 Å². The number of nitrogens with one attached hydrogen (secondary N) is 3. The predicted molar refractivity (Wildman–Crippen MR) is 233 cm³/mol. The number of hydrogen-bond donors (Lipinski definition) is 7. The minimum absolute atomic E-state index is 0.0845. The maximum Gasteiger partial charge on any atom is 0.352 e. The molecule has 4 aliphatic rings. The van der Waals surface area contributed by atoms with Gasteiger partial charge in [-0.15, -0.1) is 57.2 Å². The molecule has 352 valence electrons. The third-order valence-electron chi connectivity index (χ3n) is 9.81. The number of rotatable bonds is 23. The number of carbonyl (C=O) groups excluding carboxylic acids is 5. The SMILES string of the molecule is CO[C@@]1(NC(=O)CSC[C@@H](NC(=O)C2=C(CSc3nnnn3C)CS[C@H]3N2C(=O)[C@]3(NC(=O)CSC[C@@H](N)C(=O)O)OC)C(=O)O)C(=O)N2C(C(=O)O)=C(CSc3nnnn3C)CS[C@@H]21. The molecule has 2 aromatic heterocycles. The lowest BCUT2D eigenvalue weighted by Crippen LogP contribution is -2.81. The van der Waals surface area contributed by atoms with Gasteiger partial charge in [-0.25, -0.2) is 19.0 Å². The molecule has 33 heteroatoms. The fourth-order valence-electron chi connectivity index (χ4n) is 6.62. The number of carbonyl (C=O) groups is 8. The second-order valence-corrected chi connectivity index (χ2v) is 20.0. The predicted octanol–water partition coefficient (Wildman–Crippen LogP) is -3.59. The van der Waals surface area contributed by atoms with Crippen LogP contribution in [0.5, 0.6) is 0 Å². The van der Waals surface area contributed by atoms with Crippen LogP contribution in [0.1, 0.15) is 0 Å². The fourth-order valence-corrected chi connectivity index (χ4v) is 13.1. The topological polar surface area (TPSA) is 371 Å². The van der Waals surface area contributed by atoms with Crippen molar-refractivity contribution in [3.63, 3.8) is 0 Å². The lowest BCUT2D eigenvalue weighted by molar-refractivity contribution is -0.192. The van der Waals surface area contributed by atoms with Gasteiger partial charge in [-0.1, -0.05) is 23.5 Å². The van der Waals surface area contributed by atoms with E-state index in [9.17, 15) is 48.6 Å². The van der Waals surface area contributed by atoms with E-state index in [-0.39, 0.29) is 51.7 Å². The third-order valence-corrected chi connectivity index (χ3v) is 16.9. The van der Waals surface area contributed by atoms with Gasteiger partial charge in [-0.2, -0.15) is 0 Å². The van der Waals surface area contributed by atoms with Crippen LogP contribution < -0.4 is 21.7 Å². The molecule has 4 aliphatic heterocycles. The number of methoxy groups -OCH3 is 2. The first-order valence-corrected chi connectivity index (χ1v) is 25.0. The van der Waals surface area contributed by atoms with Gasteiger partial charge in [0.25, 0.3) is 29.2 Å². The highest BCUT2D eigenvalue weighted by Crippen LogP contribution is 2.49. The zero-order chi connectivity index (χ0) is 47.4. The van der Waals surface area contributed by atoms with Gasteiger partial charge in [0.05, 0.1) is 11.5 Å². The van der Waals surface area contributed by atoms with E-state index >= 15 is 0 Å². The van der Waals surface area contributed by atoms with E-state index in [1.54, 1.807) is 14.1 Å².